The predicted octanol–water partition coefficient (Wildman–Crippen LogP) is 5.31. The highest BCUT2D eigenvalue weighted by Gasteiger charge is 2.15. The van der Waals surface area contributed by atoms with Crippen LogP contribution in [0.3, 0.4) is 0 Å². The molecule has 0 fully saturated rings. The van der Waals surface area contributed by atoms with Crippen LogP contribution in [0, 0.1) is 5.92 Å². The van der Waals surface area contributed by atoms with Crippen LogP contribution >= 0.6 is 15.9 Å². The zero-order valence-corrected chi connectivity index (χ0v) is 14.4. The number of hydrogen-bond donors (Lipinski definition) is 1. The number of benzene rings is 2. The van der Waals surface area contributed by atoms with E-state index in [1.807, 2.05) is 12.1 Å². The molecule has 2 aromatic carbocycles. The van der Waals surface area contributed by atoms with Crippen LogP contribution in [0.4, 0.5) is 5.69 Å². The number of rotatable bonds is 6. The van der Waals surface area contributed by atoms with E-state index in [-0.39, 0.29) is 0 Å². The molecular weight excluding hydrogens is 326 g/mol. The van der Waals surface area contributed by atoms with Crippen LogP contribution in [0.2, 0.25) is 0 Å². The summed E-state index contributed by atoms with van der Waals surface area (Å²) in [6.45, 7) is 5.45. The SMILES string of the molecule is COc1ccc(NCC(c2ccccc2)C(C)C)cc1Br. The fourth-order valence-electron chi connectivity index (χ4n) is 2.44. The third-order valence-electron chi connectivity index (χ3n) is 3.71. The van der Waals surface area contributed by atoms with Gasteiger partial charge in [-0.15, -0.1) is 0 Å². The van der Waals surface area contributed by atoms with E-state index in [1.54, 1.807) is 7.11 Å². The maximum atomic E-state index is 5.26. The van der Waals surface area contributed by atoms with Gasteiger partial charge in [-0.25, -0.2) is 0 Å². The Bertz CT molecular complexity index is 569. The number of methoxy groups -OCH3 is 1. The molecule has 2 nitrogen and oxygen atoms in total. The molecule has 0 amide bonds. The lowest BCUT2D eigenvalue weighted by molar-refractivity contribution is 0.412. The zero-order chi connectivity index (χ0) is 15.2. The molecule has 0 aromatic heterocycles. The lowest BCUT2D eigenvalue weighted by Gasteiger charge is -2.22. The lowest BCUT2D eigenvalue weighted by Crippen LogP contribution is -2.17. The van der Waals surface area contributed by atoms with Crippen molar-refractivity contribution in [3.8, 4) is 5.75 Å². The largest absolute Gasteiger partial charge is 0.496 e. The third kappa shape index (κ3) is 4.24. The molecule has 0 saturated carbocycles. The number of nitrogens with one attached hydrogen (secondary N) is 1. The Morgan fingerprint density at radius 2 is 1.81 bits per heavy atom. The van der Waals surface area contributed by atoms with Gasteiger partial charge in [-0.2, -0.15) is 0 Å². The summed E-state index contributed by atoms with van der Waals surface area (Å²) in [5, 5.41) is 3.53. The Morgan fingerprint density at radius 1 is 1.10 bits per heavy atom. The van der Waals surface area contributed by atoms with Crippen LogP contribution in [-0.4, -0.2) is 13.7 Å². The molecule has 3 heteroatoms. The van der Waals surface area contributed by atoms with Crippen LogP contribution in [0.25, 0.3) is 0 Å². The summed E-state index contributed by atoms with van der Waals surface area (Å²) in [5.41, 5.74) is 2.48. The highest BCUT2D eigenvalue weighted by Crippen LogP contribution is 2.29. The summed E-state index contributed by atoms with van der Waals surface area (Å²) in [6, 6.07) is 16.8. The Kier molecular flexibility index (Phi) is 5.68. The second-order valence-corrected chi connectivity index (χ2v) is 6.35. The number of hydrogen-bond acceptors (Lipinski definition) is 2. The fraction of sp³-hybridized carbons (Fsp3) is 0.333. The van der Waals surface area contributed by atoms with E-state index in [9.17, 15) is 0 Å². The average molecular weight is 348 g/mol. The zero-order valence-electron chi connectivity index (χ0n) is 12.8. The van der Waals surface area contributed by atoms with E-state index >= 15 is 0 Å². The summed E-state index contributed by atoms with van der Waals surface area (Å²) in [7, 11) is 1.68. The topological polar surface area (TPSA) is 21.3 Å². The van der Waals surface area contributed by atoms with Gasteiger partial charge in [0.05, 0.1) is 11.6 Å². The van der Waals surface area contributed by atoms with E-state index in [0.29, 0.717) is 11.8 Å². The van der Waals surface area contributed by atoms with Gasteiger partial charge in [0.15, 0.2) is 0 Å². The molecule has 0 saturated heterocycles. The molecule has 0 spiro atoms. The molecule has 21 heavy (non-hydrogen) atoms. The van der Waals surface area contributed by atoms with Crippen LogP contribution in [-0.2, 0) is 0 Å². The molecular formula is C18H22BrNO. The van der Waals surface area contributed by atoms with Crippen molar-refractivity contribution in [2.75, 3.05) is 19.0 Å². The molecule has 2 aromatic rings. The van der Waals surface area contributed by atoms with Gasteiger partial charge in [0.1, 0.15) is 5.75 Å². The highest BCUT2D eigenvalue weighted by atomic mass is 79.9. The second-order valence-electron chi connectivity index (χ2n) is 5.49. The van der Waals surface area contributed by atoms with Crippen LogP contribution in [0.5, 0.6) is 5.75 Å². The first-order valence-electron chi connectivity index (χ1n) is 7.24. The summed E-state index contributed by atoms with van der Waals surface area (Å²) in [6.07, 6.45) is 0. The van der Waals surface area contributed by atoms with Crippen molar-refractivity contribution in [2.45, 2.75) is 19.8 Å². The predicted molar refractivity (Wildman–Crippen MR) is 93.2 cm³/mol. The molecule has 0 radical (unpaired) electrons. The van der Waals surface area contributed by atoms with E-state index in [0.717, 1.165) is 22.5 Å². The monoisotopic (exact) mass is 347 g/mol. The van der Waals surface area contributed by atoms with E-state index in [2.05, 4.69) is 71.5 Å². The van der Waals surface area contributed by atoms with Gasteiger partial charge in [0.25, 0.3) is 0 Å². The Labute approximate surface area is 135 Å². The standard InChI is InChI=1S/C18H22BrNO/c1-13(2)16(14-7-5-4-6-8-14)12-20-15-9-10-18(21-3)17(19)11-15/h4-11,13,16,20H,12H2,1-3H3. The van der Waals surface area contributed by atoms with Crippen molar-refractivity contribution in [1.29, 1.82) is 0 Å². The van der Waals surface area contributed by atoms with Crippen molar-refractivity contribution in [3.63, 3.8) is 0 Å². The van der Waals surface area contributed by atoms with E-state index < -0.39 is 0 Å². The van der Waals surface area contributed by atoms with Crippen molar-refractivity contribution in [1.82, 2.24) is 0 Å². The third-order valence-corrected chi connectivity index (χ3v) is 4.33. The van der Waals surface area contributed by atoms with Gasteiger partial charge in [-0.05, 0) is 45.6 Å². The van der Waals surface area contributed by atoms with Gasteiger partial charge in [-0.1, -0.05) is 44.2 Å². The first kappa shape index (κ1) is 15.9. The number of halogens is 1. The summed E-state index contributed by atoms with van der Waals surface area (Å²) >= 11 is 3.52. The molecule has 0 heterocycles. The minimum Gasteiger partial charge on any atom is -0.496 e. The summed E-state index contributed by atoms with van der Waals surface area (Å²) in [5.74, 6) is 1.93. The van der Waals surface area contributed by atoms with Gasteiger partial charge in [0, 0.05) is 18.2 Å². The van der Waals surface area contributed by atoms with Gasteiger partial charge in [-0.3, -0.25) is 0 Å². The minimum atomic E-state index is 0.493. The van der Waals surface area contributed by atoms with E-state index in [4.69, 9.17) is 4.74 Å². The van der Waals surface area contributed by atoms with Crippen molar-refractivity contribution < 1.29 is 4.74 Å². The van der Waals surface area contributed by atoms with Crippen LogP contribution in [0.1, 0.15) is 25.3 Å². The first-order chi connectivity index (χ1) is 10.1. The second kappa shape index (κ2) is 7.51. The van der Waals surface area contributed by atoms with Gasteiger partial charge in [0.2, 0.25) is 0 Å². The van der Waals surface area contributed by atoms with Crippen LogP contribution < -0.4 is 10.1 Å². The van der Waals surface area contributed by atoms with Gasteiger partial charge >= 0.3 is 0 Å². The molecule has 1 atom stereocenters. The van der Waals surface area contributed by atoms with Crippen molar-refractivity contribution >= 4 is 21.6 Å². The number of anilines is 1. The molecule has 0 aliphatic heterocycles. The Balaban J connectivity index is 2.07. The highest BCUT2D eigenvalue weighted by molar-refractivity contribution is 9.10. The Morgan fingerprint density at radius 3 is 2.38 bits per heavy atom. The maximum absolute atomic E-state index is 5.26. The van der Waals surface area contributed by atoms with E-state index in [1.165, 1.54) is 5.56 Å². The molecule has 0 aliphatic carbocycles. The quantitative estimate of drug-likeness (QED) is 0.764. The smallest absolute Gasteiger partial charge is 0.133 e. The maximum Gasteiger partial charge on any atom is 0.133 e. The Hall–Kier alpha value is -1.48. The van der Waals surface area contributed by atoms with Gasteiger partial charge < -0.3 is 10.1 Å². The van der Waals surface area contributed by atoms with Crippen LogP contribution in [0.15, 0.2) is 53.0 Å². The molecule has 112 valence electrons. The molecule has 1 N–H and O–H groups in total. The molecule has 0 bridgehead atoms. The summed E-state index contributed by atoms with van der Waals surface area (Å²) in [4.78, 5) is 0. The first-order valence-corrected chi connectivity index (χ1v) is 8.03. The average Bonchev–Trinajstić information content (AvgIpc) is 2.48. The molecule has 0 aliphatic rings. The summed E-state index contributed by atoms with van der Waals surface area (Å²) < 4.78 is 6.23. The lowest BCUT2D eigenvalue weighted by atomic mass is 9.88. The molecule has 2 rings (SSSR count). The molecule has 1 unspecified atom stereocenters. The fourth-order valence-corrected chi connectivity index (χ4v) is 2.98. The van der Waals surface area contributed by atoms with Crippen molar-refractivity contribution in [3.05, 3.63) is 58.6 Å². The van der Waals surface area contributed by atoms with Crippen molar-refractivity contribution in [2.24, 2.45) is 5.92 Å². The minimum absolute atomic E-state index is 0.493. The number of ether oxygens (including phenoxy) is 1. The normalized spacial score (nSPS) is 12.2.